The van der Waals surface area contributed by atoms with Gasteiger partial charge in [0.2, 0.25) is 27.7 Å². The second-order valence-electron chi connectivity index (χ2n) is 9.16. The van der Waals surface area contributed by atoms with Crippen LogP contribution in [0.1, 0.15) is 32.1 Å². The minimum absolute atomic E-state index is 0.185. The number of piperazine rings is 1. The highest BCUT2D eigenvalue weighted by Crippen LogP contribution is 2.33. The van der Waals surface area contributed by atoms with Gasteiger partial charge in [0, 0.05) is 32.4 Å². The van der Waals surface area contributed by atoms with Gasteiger partial charge in [0.1, 0.15) is 16.4 Å². The number of fused-ring (bicyclic) bond motifs is 1. The highest BCUT2D eigenvalue weighted by molar-refractivity contribution is 7.90. The maximum absolute atomic E-state index is 13.5. The van der Waals surface area contributed by atoms with Gasteiger partial charge in [-0.05, 0) is 44.1 Å². The average Bonchev–Trinajstić information content (AvgIpc) is 3.64. The van der Waals surface area contributed by atoms with E-state index in [9.17, 15) is 18.0 Å². The summed E-state index contributed by atoms with van der Waals surface area (Å²) in [5, 5.41) is 2.90. The zero-order chi connectivity index (χ0) is 24.6. The van der Waals surface area contributed by atoms with Crippen LogP contribution in [0.5, 0.6) is 5.88 Å². The van der Waals surface area contributed by atoms with Crippen LogP contribution in [0, 0.1) is 5.92 Å². The molecule has 35 heavy (non-hydrogen) atoms. The summed E-state index contributed by atoms with van der Waals surface area (Å²) in [7, 11) is -1.91. The topological polar surface area (TPSA) is 131 Å². The van der Waals surface area contributed by atoms with Crippen molar-refractivity contribution in [1.29, 1.82) is 0 Å². The lowest BCUT2D eigenvalue weighted by Crippen LogP contribution is -2.58. The van der Waals surface area contributed by atoms with Crippen LogP contribution < -0.4 is 10.1 Å². The zero-order valence-corrected chi connectivity index (χ0v) is 21.1. The van der Waals surface area contributed by atoms with E-state index in [-0.39, 0.29) is 42.6 Å². The van der Waals surface area contributed by atoms with Gasteiger partial charge < -0.3 is 19.7 Å². The van der Waals surface area contributed by atoms with Crippen LogP contribution in [0.15, 0.2) is 12.1 Å². The Morgan fingerprint density at radius 3 is 2.69 bits per heavy atom. The Kier molecular flexibility index (Phi) is 6.93. The summed E-state index contributed by atoms with van der Waals surface area (Å²) in [6.45, 7) is 1.43. The number of nitrogens with one attached hydrogen (secondary N) is 1. The number of thiazole rings is 1. The molecular weight excluding hydrogens is 494 g/mol. The molecule has 2 aromatic heterocycles. The second-order valence-corrected chi connectivity index (χ2v) is 12.3. The van der Waals surface area contributed by atoms with E-state index in [2.05, 4.69) is 15.3 Å². The summed E-state index contributed by atoms with van der Waals surface area (Å²) >= 11 is 1.23. The summed E-state index contributed by atoms with van der Waals surface area (Å²) in [4.78, 5) is 37.6. The second kappa shape index (κ2) is 9.96. The van der Waals surface area contributed by atoms with Crippen LogP contribution in [-0.2, 0) is 24.3 Å². The van der Waals surface area contributed by atoms with E-state index in [1.807, 2.05) is 0 Å². The zero-order valence-electron chi connectivity index (χ0n) is 19.5. The quantitative estimate of drug-likeness (QED) is 0.550. The molecule has 4 heterocycles. The third-order valence-electron chi connectivity index (χ3n) is 6.77. The van der Waals surface area contributed by atoms with E-state index in [4.69, 9.17) is 9.47 Å². The number of hydrogen-bond acceptors (Lipinski definition) is 9. The van der Waals surface area contributed by atoms with Crippen molar-refractivity contribution in [2.75, 3.05) is 45.3 Å². The lowest BCUT2D eigenvalue weighted by Gasteiger charge is -2.39. The Balaban J connectivity index is 1.33. The van der Waals surface area contributed by atoms with Gasteiger partial charge in [-0.3, -0.25) is 9.59 Å². The van der Waals surface area contributed by atoms with Gasteiger partial charge in [-0.25, -0.2) is 18.4 Å². The molecule has 0 aromatic carbocycles. The van der Waals surface area contributed by atoms with Crippen LogP contribution in [0.25, 0.3) is 10.3 Å². The molecule has 3 fully saturated rings. The largest absolute Gasteiger partial charge is 0.481 e. The molecular formula is C22H29N5O6S2. The van der Waals surface area contributed by atoms with E-state index in [0.29, 0.717) is 53.8 Å². The lowest BCUT2D eigenvalue weighted by molar-refractivity contribution is -0.142. The molecule has 2 aliphatic heterocycles. The van der Waals surface area contributed by atoms with Crippen LogP contribution in [0.2, 0.25) is 0 Å². The van der Waals surface area contributed by atoms with E-state index < -0.39 is 16.1 Å². The number of methoxy groups -OCH3 is 1. The molecule has 2 saturated heterocycles. The lowest BCUT2D eigenvalue weighted by atomic mass is 9.91. The Morgan fingerprint density at radius 1 is 1.23 bits per heavy atom. The van der Waals surface area contributed by atoms with Crippen LogP contribution in [0.3, 0.4) is 0 Å². The number of carbonyl (C=O) groups is 2. The highest BCUT2D eigenvalue weighted by Gasteiger charge is 2.44. The van der Waals surface area contributed by atoms with Gasteiger partial charge in [0.15, 0.2) is 5.13 Å². The number of pyridine rings is 1. The van der Waals surface area contributed by atoms with Gasteiger partial charge in [0.05, 0.1) is 18.9 Å². The molecule has 1 aliphatic carbocycles. The van der Waals surface area contributed by atoms with Crippen LogP contribution in [-0.4, -0.2) is 90.7 Å². The molecule has 3 aliphatic rings. The summed E-state index contributed by atoms with van der Waals surface area (Å²) < 4.78 is 37.2. The van der Waals surface area contributed by atoms with Crippen LogP contribution >= 0.6 is 11.3 Å². The molecule has 0 spiro atoms. The molecule has 1 saturated carbocycles. The normalized spacial score (nSPS) is 21.3. The van der Waals surface area contributed by atoms with Gasteiger partial charge in [-0.1, -0.05) is 11.3 Å². The predicted molar refractivity (Wildman–Crippen MR) is 130 cm³/mol. The SMILES string of the molecule is COc1ccc2nc(NC(=O)C(CC3CCOCC3)N3CCN(S(=O)(=O)C4CC4)CC3=O)sc2n1. The molecule has 13 heteroatoms. The average molecular weight is 524 g/mol. The third-order valence-corrected chi connectivity index (χ3v) is 10.00. The monoisotopic (exact) mass is 523 g/mol. The van der Waals surface area contributed by atoms with Crippen molar-refractivity contribution in [3.8, 4) is 5.88 Å². The number of carbonyl (C=O) groups excluding carboxylic acids is 2. The first-order valence-electron chi connectivity index (χ1n) is 11.8. The fourth-order valence-corrected chi connectivity index (χ4v) is 7.23. The number of ether oxygens (including phenoxy) is 2. The number of hydrogen-bond donors (Lipinski definition) is 1. The van der Waals surface area contributed by atoms with Crippen molar-refractivity contribution in [3.63, 3.8) is 0 Å². The molecule has 2 aromatic rings. The van der Waals surface area contributed by atoms with Crippen molar-refractivity contribution in [2.45, 2.75) is 43.4 Å². The minimum Gasteiger partial charge on any atom is -0.481 e. The smallest absolute Gasteiger partial charge is 0.248 e. The number of anilines is 1. The number of rotatable bonds is 8. The molecule has 1 atom stereocenters. The van der Waals surface area contributed by atoms with Gasteiger partial charge >= 0.3 is 0 Å². The minimum atomic E-state index is -3.44. The number of nitrogens with zero attached hydrogens (tertiary/aromatic N) is 4. The van der Waals surface area contributed by atoms with E-state index >= 15 is 0 Å². The maximum atomic E-state index is 13.5. The predicted octanol–water partition coefficient (Wildman–Crippen LogP) is 1.46. The first-order chi connectivity index (χ1) is 16.8. The molecule has 5 rings (SSSR count). The first-order valence-corrected chi connectivity index (χ1v) is 14.2. The van der Waals surface area contributed by atoms with Crippen molar-refractivity contribution in [2.24, 2.45) is 5.92 Å². The van der Waals surface area contributed by atoms with E-state index in [1.54, 1.807) is 12.1 Å². The van der Waals surface area contributed by atoms with Crippen molar-refractivity contribution >= 4 is 48.7 Å². The van der Waals surface area contributed by atoms with E-state index in [1.165, 1.54) is 27.7 Å². The maximum Gasteiger partial charge on any atom is 0.248 e. The fraction of sp³-hybridized carbons (Fsp3) is 0.636. The Morgan fingerprint density at radius 2 is 2.00 bits per heavy atom. The van der Waals surface area contributed by atoms with Crippen molar-refractivity contribution in [1.82, 2.24) is 19.2 Å². The summed E-state index contributed by atoms with van der Waals surface area (Å²) in [5.74, 6) is 0.0283. The first kappa shape index (κ1) is 24.3. The summed E-state index contributed by atoms with van der Waals surface area (Å²) in [6.07, 6.45) is 3.42. The fourth-order valence-electron chi connectivity index (χ4n) is 4.62. The third kappa shape index (κ3) is 5.27. The highest BCUT2D eigenvalue weighted by atomic mass is 32.2. The molecule has 2 amide bonds. The molecule has 1 N–H and O–H groups in total. The summed E-state index contributed by atoms with van der Waals surface area (Å²) in [5.41, 5.74) is 0.641. The molecule has 190 valence electrons. The Hall–Kier alpha value is -2.35. The summed E-state index contributed by atoms with van der Waals surface area (Å²) in [6, 6.07) is 2.76. The van der Waals surface area contributed by atoms with Crippen molar-refractivity contribution in [3.05, 3.63) is 12.1 Å². The molecule has 0 bridgehead atoms. The number of sulfonamides is 1. The van der Waals surface area contributed by atoms with Gasteiger partial charge in [-0.2, -0.15) is 4.31 Å². The van der Waals surface area contributed by atoms with Crippen molar-refractivity contribution < 1.29 is 27.5 Å². The van der Waals surface area contributed by atoms with Crippen LogP contribution in [0.4, 0.5) is 5.13 Å². The Bertz CT molecular complexity index is 1210. The number of amides is 2. The molecule has 11 nitrogen and oxygen atoms in total. The number of aromatic nitrogens is 2. The van der Waals surface area contributed by atoms with Gasteiger partial charge in [0.25, 0.3) is 0 Å². The van der Waals surface area contributed by atoms with Gasteiger partial charge in [-0.15, -0.1) is 0 Å². The molecule has 1 unspecified atom stereocenters. The van der Waals surface area contributed by atoms with E-state index in [0.717, 1.165) is 12.8 Å². The Labute approximate surface area is 207 Å². The standard InChI is InChI=1S/C22H29N5O6S2/c1-32-18-5-4-16-21(24-18)34-22(23-16)25-20(29)17(12-14-6-10-33-11-7-14)27-9-8-26(13-19(27)28)35(30,31)15-2-3-15/h4-5,14-15,17H,2-3,6-13H2,1H3,(H,23,25,29). The molecule has 0 radical (unpaired) electrons.